The predicted molar refractivity (Wildman–Crippen MR) is 57.8 cm³/mol. The quantitative estimate of drug-likeness (QED) is 0.862. The second-order valence-corrected chi connectivity index (χ2v) is 5.32. The van der Waals surface area contributed by atoms with Crippen molar-refractivity contribution in [1.82, 2.24) is 4.72 Å². The molecule has 1 N–H and O–H groups in total. The summed E-state index contributed by atoms with van der Waals surface area (Å²) < 4.78 is 24.7. The minimum absolute atomic E-state index is 0.0808. The van der Waals surface area contributed by atoms with E-state index in [4.69, 9.17) is 11.6 Å². The van der Waals surface area contributed by atoms with Crippen LogP contribution >= 0.6 is 11.6 Å². The van der Waals surface area contributed by atoms with Crippen molar-refractivity contribution in [2.24, 2.45) is 0 Å². The Morgan fingerprint density at radius 2 is 2.00 bits per heavy atom. The second kappa shape index (κ2) is 4.77. The van der Waals surface area contributed by atoms with Gasteiger partial charge < -0.3 is 0 Å². The first-order chi connectivity index (χ1) is 6.55. The Labute approximate surface area is 89.1 Å². The van der Waals surface area contributed by atoms with Crippen LogP contribution in [0.3, 0.4) is 0 Å². The lowest BCUT2D eigenvalue weighted by atomic mass is 10.2. The van der Waals surface area contributed by atoms with Crippen LogP contribution < -0.4 is 4.72 Å². The van der Waals surface area contributed by atoms with Gasteiger partial charge in [0.15, 0.2) is 0 Å². The molecule has 0 atom stereocenters. The Hall–Kier alpha value is -0.580. The Morgan fingerprint density at radius 3 is 2.57 bits per heavy atom. The summed E-state index contributed by atoms with van der Waals surface area (Å²) in [5.41, 5.74) is 0.784. The lowest BCUT2D eigenvalue weighted by Crippen LogP contribution is -2.24. The van der Waals surface area contributed by atoms with E-state index in [2.05, 4.69) is 4.72 Å². The van der Waals surface area contributed by atoms with Crippen molar-refractivity contribution in [1.29, 1.82) is 0 Å². The molecule has 0 aliphatic carbocycles. The van der Waals surface area contributed by atoms with Gasteiger partial charge in [0.2, 0.25) is 10.0 Å². The largest absolute Gasteiger partial charge is 0.212 e. The molecule has 0 aromatic heterocycles. The van der Waals surface area contributed by atoms with E-state index in [1.54, 1.807) is 25.1 Å². The van der Waals surface area contributed by atoms with Crippen molar-refractivity contribution in [3.05, 3.63) is 34.9 Å². The molecular weight excluding hydrogens is 222 g/mol. The van der Waals surface area contributed by atoms with Crippen LogP contribution in [-0.2, 0) is 16.6 Å². The van der Waals surface area contributed by atoms with Gasteiger partial charge in [-0.2, -0.15) is 0 Å². The first-order valence-electron chi connectivity index (χ1n) is 4.26. The van der Waals surface area contributed by atoms with Gasteiger partial charge in [0, 0.05) is 11.6 Å². The standard InChI is InChI=1S/C9H12ClNO2S/c1-2-14(12,13)11-7-8-5-3-4-6-9(8)10/h3-6,11H,2,7H2,1H3. The Balaban J connectivity index is 2.68. The van der Waals surface area contributed by atoms with Crippen molar-refractivity contribution in [2.45, 2.75) is 13.5 Å². The zero-order valence-corrected chi connectivity index (χ0v) is 9.40. The summed E-state index contributed by atoms with van der Waals surface area (Å²) in [5.74, 6) is 0.0808. The summed E-state index contributed by atoms with van der Waals surface area (Å²) in [5, 5.41) is 0.575. The summed E-state index contributed by atoms with van der Waals surface area (Å²) in [6.07, 6.45) is 0. The highest BCUT2D eigenvalue weighted by Crippen LogP contribution is 2.14. The van der Waals surface area contributed by atoms with E-state index in [1.807, 2.05) is 6.07 Å². The van der Waals surface area contributed by atoms with Crippen LogP contribution in [0, 0.1) is 0 Å². The van der Waals surface area contributed by atoms with Crippen molar-refractivity contribution >= 4 is 21.6 Å². The van der Waals surface area contributed by atoms with Gasteiger partial charge in [0.1, 0.15) is 0 Å². The highest BCUT2D eigenvalue weighted by atomic mass is 35.5. The minimum atomic E-state index is -3.14. The maximum Gasteiger partial charge on any atom is 0.211 e. The molecule has 0 radical (unpaired) electrons. The summed E-state index contributed by atoms with van der Waals surface area (Å²) in [6.45, 7) is 1.84. The third-order valence-electron chi connectivity index (χ3n) is 1.82. The molecular formula is C9H12ClNO2S. The van der Waals surface area contributed by atoms with Gasteiger partial charge in [-0.1, -0.05) is 29.8 Å². The molecule has 1 rings (SSSR count). The first-order valence-corrected chi connectivity index (χ1v) is 6.29. The van der Waals surface area contributed by atoms with Gasteiger partial charge in [-0.15, -0.1) is 0 Å². The number of halogens is 1. The maximum absolute atomic E-state index is 11.1. The number of benzene rings is 1. The first kappa shape index (κ1) is 11.5. The zero-order valence-electron chi connectivity index (χ0n) is 7.83. The summed E-state index contributed by atoms with van der Waals surface area (Å²) >= 11 is 5.86. The fourth-order valence-electron chi connectivity index (χ4n) is 0.932. The molecule has 0 spiro atoms. The topological polar surface area (TPSA) is 46.2 Å². The number of hydrogen-bond acceptors (Lipinski definition) is 2. The molecule has 1 aromatic rings. The van der Waals surface area contributed by atoms with E-state index in [9.17, 15) is 8.42 Å². The molecule has 0 fully saturated rings. The highest BCUT2D eigenvalue weighted by Gasteiger charge is 2.06. The Bertz CT molecular complexity index is 403. The van der Waals surface area contributed by atoms with Gasteiger partial charge in [-0.25, -0.2) is 13.1 Å². The Morgan fingerprint density at radius 1 is 1.36 bits per heavy atom. The molecule has 0 unspecified atom stereocenters. The average Bonchev–Trinajstić information content (AvgIpc) is 2.17. The van der Waals surface area contributed by atoms with Crippen LogP contribution in [0.15, 0.2) is 24.3 Å². The van der Waals surface area contributed by atoms with Crippen molar-refractivity contribution in [3.8, 4) is 0 Å². The van der Waals surface area contributed by atoms with Gasteiger partial charge in [0.25, 0.3) is 0 Å². The fraction of sp³-hybridized carbons (Fsp3) is 0.333. The Kier molecular flexibility index (Phi) is 3.92. The molecule has 0 bridgehead atoms. The smallest absolute Gasteiger partial charge is 0.211 e. The molecule has 3 nitrogen and oxygen atoms in total. The molecule has 78 valence electrons. The monoisotopic (exact) mass is 233 g/mol. The lowest BCUT2D eigenvalue weighted by Gasteiger charge is -2.05. The second-order valence-electron chi connectivity index (χ2n) is 2.82. The molecule has 0 aliphatic heterocycles. The highest BCUT2D eigenvalue weighted by molar-refractivity contribution is 7.89. The normalized spacial score (nSPS) is 11.6. The van der Waals surface area contributed by atoms with Crippen LogP contribution in [0.2, 0.25) is 5.02 Å². The third-order valence-corrected chi connectivity index (χ3v) is 3.53. The summed E-state index contributed by atoms with van der Waals surface area (Å²) in [7, 11) is -3.14. The predicted octanol–water partition coefficient (Wildman–Crippen LogP) is 1.78. The zero-order chi connectivity index (χ0) is 10.6. The molecule has 0 heterocycles. The fourth-order valence-corrected chi connectivity index (χ4v) is 1.71. The minimum Gasteiger partial charge on any atom is -0.212 e. The number of nitrogens with one attached hydrogen (secondary N) is 1. The summed E-state index contributed by atoms with van der Waals surface area (Å²) in [4.78, 5) is 0. The number of hydrogen-bond donors (Lipinski definition) is 1. The SMILES string of the molecule is CCS(=O)(=O)NCc1ccccc1Cl. The van der Waals surface area contributed by atoms with Gasteiger partial charge in [-0.3, -0.25) is 0 Å². The summed E-state index contributed by atoms with van der Waals surface area (Å²) in [6, 6.07) is 7.15. The van der Waals surface area contributed by atoms with Gasteiger partial charge in [0.05, 0.1) is 5.75 Å². The number of rotatable bonds is 4. The molecule has 5 heteroatoms. The van der Waals surface area contributed by atoms with Crippen LogP contribution in [0.25, 0.3) is 0 Å². The van der Waals surface area contributed by atoms with E-state index < -0.39 is 10.0 Å². The van der Waals surface area contributed by atoms with Crippen LogP contribution in [0.4, 0.5) is 0 Å². The van der Waals surface area contributed by atoms with Crippen molar-refractivity contribution in [2.75, 3.05) is 5.75 Å². The molecule has 14 heavy (non-hydrogen) atoms. The molecule has 0 saturated carbocycles. The van der Waals surface area contributed by atoms with E-state index in [0.29, 0.717) is 5.02 Å². The van der Waals surface area contributed by atoms with Crippen molar-refractivity contribution < 1.29 is 8.42 Å². The lowest BCUT2D eigenvalue weighted by molar-refractivity contribution is 0.582. The molecule has 0 aliphatic rings. The van der Waals surface area contributed by atoms with Crippen LogP contribution in [-0.4, -0.2) is 14.2 Å². The van der Waals surface area contributed by atoms with Crippen LogP contribution in [0.1, 0.15) is 12.5 Å². The third kappa shape index (κ3) is 3.29. The van der Waals surface area contributed by atoms with Gasteiger partial charge in [-0.05, 0) is 18.6 Å². The van der Waals surface area contributed by atoms with E-state index >= 15 is 0 Å². The van der Waals surface area contributed by atoms with Crippen molar-refractivity contribution in [3.63, 3.8) is 0 Å². The molecule has 0 saturated heterocycles. The van der Waals surface area contributed by atoms with Gasteiger partial charge >= 0.3 is 0 Å². The number of sulfonamides is 1. The maximum atomic E-state index is 11.1. The molecule has 1 aromatic carbocycles. The van der Waals surface area contributed by atoms with E-state index in [-0.39, 0.29) is 12.3 Å². The van der Waals surface area contributed by atoms with E-state index in [0.717, 1.165) is 5.56 Å². The average molecular weight is 234 g/mol. The van der Waals surface area contributed by atoms with E-state index in [1.165, 1.54) is 0 Å². The van der Waals surface area contributed by atoms with Crippen LogP contribution in [0.5, 0.6) is 0 Å². The molecule has 0 amide bonds.